The molecule has 114 valence electrons. The SMILES string of the molecule is COc1ccc(CC2C3CCCCC3CCN2C=O)cc1. The molecule has 0 N–H and O–H groups in total. The molecule has 0 radical (unpaired) electrons. The number of nitrogens with zero attached hydrogens (tertiary/aromatic N) is 1. The van der Waals surface area contributed by atoms with Crippen LogP contribution >= 0.6 is 0 Å². The fourth-order valence-corrected chi connectivity index (χ4v) is 4.23. The number of rotatable bonds is 4. The van der Waals surface area contributed by atoms with E-state index in [1.807, 2.05) is 12.1 Å². The van der Waals surface area contributed by atoms with E-state index in [4.69, 9.17) is 4.74 Å². The molecule has 1 aliphatic carbocycles. The predicted octanol–water partition coefficient (Wildman–Crippen LogP) is 3.27. The number of hydrogen-bond acceptors (Lipinski definition) is 2. The van der Waals surface area contributed by atoms with Crippen LogP contribution in [0.25, 0.3) is 0 Å². The molecule has 1 saturated carbocycles. The lowest BCUT2D eigenvalue weighted by Crippen LogP contribution is -2.50. The highest BCUT2D eigenvalue weighted by atomic mass is 16.5. The summed E-state index contributed by atoms with van der Waals surface area (Å²) in [6, 6.07) is 8.68. The summed E-state index contributed by atoms with van der Waals surface area (Å²) in [5.74, 6) is 2.42. The number of carbonyl (C=O) groups excluding carboxylic acids is 1. The summed E-state index contributed by atoms with van der Waals surface area (Å²) >= 11 is 0. The lowest BCUT2D eigenvalue weighted by molar-refractivity contribution is -0.125. The van der Waals surface area contributed by atoms with Crippen LogP contribution in [0.2, 0.25) is 0 Å². The number of ether oxygens (including phenoxy) is 1. The van der Waals surface area contributed by atoms with E-state index < -0.39 is 0 Å². The van der Waals surface area contributed by atoms with Crippen molar-refractivity contribution in [1.82, 2.24) is 4.90 Å². The van der Waals surface area contributed by atoms with Gasteiger partial charge < -0.3 is 9.64 Å². The van der Waals surface area contributed by atoms with Crippen LogP contribution < -0.4 is 4.74 Å². The molecule has 3 heteroatoms. The topological polar surface area (TPSA) is 29.5 Å². The molecule has 1 amide bonds. The van der Waals surface area contributed by atoms with Crippen molar-refractivity contribution in [2.24, 2.45) is 11.8 Å². The first-order valence-corrected chi connectivity index (χ1v) is 8.16. The maximum absolute atomic E-state index is 11.4. The molecule has 21 heavy (non-hydrogen) atoms. The minimum absolute atomic E-state index is 0.384. The van der Waals surface area contributed by atoms with Crippen molar-refractivity contribution in [2.75, 3.05) is 13.7 Å². The van der Waals surface area contributed by atoms with Crippen molar-refractivity contribution in [3.8, 4) is 5.75 Å². The Kier molecular flexibility index (Phi) is 4.47. The van der Waals surface area contributed by atoms with Crippen molar-refractivity contribution in [1.29, 1.82) is 0 Å². The molecule has 1 saturated heterocycles. The summed E-state index contributed by atoms with van der Waals surface area (Å²) in [7, 11) is 1.69. The van der Waals surface area contributed by atoms with Gasteiger partial charge in [-0.3, -0.25) is 4.79 Å². The number of hydrogen-bond donors (Lipinski definition) is 0. The Bertz CT molecular complexity index is 471. The van der Waals surface area contributed by atoms with Crippen LogP contribution in [0.1, 0.15) is 37.7 Å². The van der Waals surface area contributed by atoms with E-state index >= 15 is 0 Å². The van der Waals surface area contributed by atoms with Gasteiger partial charge >= 0.3 is 0 Å². The van der Waals surface area contributed by atoms with Crippen LogP contribution in [0.4, 0.5) is 0 Å². The zero-order valence-electron chi connectivity index (χ0n) is 12.8. The molecule has 2 aliphatic rings. The number of fused-ring (bicyclic) bond motifs is 1. The number of piperidine rings is 1. The third-order valence-corrected chi connectivity index (χ3v) is 5.39. The Morgan fingerprint density at radius 2 is 1.95 bits per heavy atom. The van der Waals surface area contributed by atoms with Gasteiger partial charge in [0.05, 0.1) is 7.11 Å². The molecule has 0 aromatic heterocycles. The van der Waals surface area contributed by atoms with Crippen LogP contribution in [0, 0.1) is 11.8 Å². The zero-order chi connectivity index (χ0) is 14.7. The standard InChI is InChI=1S/C18H25NO2/c1-21-16-8-6-14(7-9-16)12-18-17-5-3-2-4-15(17)10-11-19(18)13-20/h6-9,13,15,17-18H,2-5,10-12H2,1H3. The van der Waals surface area contributed by atoms with Crippen LogP contribution in [0.15, 0.2) is 24.3 Å². The summed E-state index contributed by atoms with van der Waals surface area (Å²) in [6.45, 7) is 0.936. The van der Waals surface area contributed by atoms with Crippen molar-refractivity contribution >= 4 is 6.41 Å². The lowest BCUT2D eigenvalue weighted by Gasteiger charge is -2.46. The minimum atomic E-state index is 0.384. The van der Waals surface area contributed by atoms with Gasteiger partial charge in [0.1, 0.15) is 5.75 Å². The van der Waals surface area contributed by atoms with Crippen molar-refractivity contribution in [3.63, 3.8) is 0 Å². The Morgan fingerprint density at radius 1 is 1.19 bits per heavy atom. The molecule has 3 rings (SSSR count). The smallest absolute Gasteiger partial charge is 0.209 e. The molecule has 1 heterocycles. The van der Waals surface area contributed by atoms with E-state index in [1.165, 1.54) is 37.7 Å². The Hall–Kier alpha value is -1.51. The Labute approximate surface area is 127 Å². The predicted molar refractivity (Wildman–Crippen MR) is 83.3 cm³/mol. The van der Waals surface area contributed by atoms with Gasteiger partial charge in [0.15, 0.2) is 0 Å². The molecular weight excluding hydrogens is 262 g/mol. The van der Waals surface area contributed by atoms with Crippen LogP contribution in [0.3, 0.4) is 0 Å². The lowest BCUT2D eigenvalue weighted by atomic mass is 9.70. The molecule has 0 bridgehead atoms. The molecule has 0 spiro atoms. The van der Waals surface area contributed by atoms with E-state index in [2.05, 4.69) is 17.0 Å². The average Bonchev–Trinajstić information content (AvgIpc) is 2.56. The second-order valence-electron chi connectivity index (χ2n) is 6.46. The van der Waals surface area contributed by atoms with E-state index in [-0.39, 0.29) is 0 Å². The van der Waals surface area contributed by atoms with Gasteiger partial charge in [-0.25, -0.2) is 0 Å². The molecule has 1 aliphatic heterocycles. The van der Waals surface area contributed by atoms with Crippen LogP contribution in [-0.4, -0.2) is 31.0 Å². The molecule has 3 unspecified atom stereocenters. The van der Waals surface area contributed by atoms with Crippen molar-refractivity contribution < 1.29 is 9.53 Å². The quantitative estimate of drug-likeness (QED) is 0.795. The van der Waals surface area contributed by atoms with Crippen LogP contribution in [-0.2, 0) is 11.2 Å². The van der Waals surface area contributed by atoms with Gasteiger partial charge in [0.2, 0.25) is 6.41 Å². The summed E-state index contributed by atoms with van der Waals surface area (Å²) in [5, 5.41) is 0. The van der Waals surface area contributed by atoms with Gasteiger partial charge in [0.25, 0.3) is 0 Å². The molecule has 1 aromatic carbocycles. The normalized spacial score (nSPS) is 28.8. The maximum atomic E-state index is 11.4. The van der Waals surface area contributed by atoms with Gasteiger partial charge in [-0.2, -0.15) is 0 Å². The number of benzene rings is 1. The number of likely N-dealkylation sites (tertiary alicyclic amines) is 1. The summed E-state index contributed by atoms with van der Waals surface area (Å²) in [6.07, 6.45) is 8.59. The van der Waals surface area contributed by atoms with Crippen molar-refractivity contribution in [3.05, 3.63) is 29.8 Å². The van der Waals surface area contributed by atoms with E-state index in [0.717, 1.165) is 31.0 Å². The summed E-state index contributed by atoms with van der Waals surface area (Å²) < 4.78 is 5.22. The van der Waals surface area contributed by atoms with Gasteiger partial charge in [0, 0.05) is 12.6 Å². The first-order valence-electron chi connectivity index (χ1n) is 8.16. The first-order chi connectivity index (χ1) is 10.3. The maximum Gasteiger partial charge on any atom is 0.209 e. The molecule has 3 atom stereocenters. The fourth-order valence-electron chi connectivity index (χ4n) is 4.23. The van der Waals surface area contributed by atoms with E-state index in [0.29, 0.717) is 12.0 Å². The zero-order valence-corrected chi connectivity index (χ0v) is 12.8. The molecule has 2 fully saturated rings. The first kappa shape index (κ1) is 14.4. The molecular formula is C18H25NO2. The number of methoxy groups -OCH3 is 1. The minimum Gasteiger partial charge on any atom is -0.497 e. The fraction of sp³-hybridized carbons (Fsp3) is 0.611. The average molecular weight is 287 g/mol. The monoisotopic (exact) mass is 287 g/mol. The Balaban J connectivity index is 1.76. The second kappa shape index (κ2) is 6.50. The Morgan fingerprint density at radius 3 is 2.67 bits per heavy atom. The highest BCUT2D eigenvalue weighted by Crippen LogP contribution is 2.40. The second-order valence-corrected chi connectivity index (χ2v) is 6.46. The summed E-state index contributed by atoms with van der Waals surface area (Å²) in [5.41, 5.74) is 1.30. The summed E-state index contributed by atoms with van der Waals surface area (Å²) in [4.78, 5) is 13.5. The van der Waals surface area contributed by atoms with Crippen molar-refractivity contribution in [2.45, 2.75) is 44.6 Å². The van der Waals surface area contributed by atoms with E-state index in [1.54, 1.807) is 7.11 Å². The largest absolute Gasteiger partial charge is 0.497 e. The van der Waals surface area contributed by atoms with Gasteiger partial charge in [-0.15, -0.1) is 0 Å². The van der Waals surface area contributed by atoms with E-state index in [9.17, 15) is 4.79 Å². The highest BCUT2D eigenvalue weighted by molar-refractivity contribution is 5.48. The van der Waals surface area contributed by atoms with Gasteiger partial charge in [-0.1, -0.05) is 31.4 Å². The number of amides is 1. The molecule has 1 aromatic rings. The van der Waals surface area contributed by atoms with Crippen LogP contribution in [0.5, 0.6) is 5.75 Å². The highest BCUT2D eigenvalue weighted by Gasteiger charge is 2.38. The third-order valence-electron chi connectivity index (χ3n) is 5.39. The van der Waals surface area contributed by atoms with Gasteiger partial charge in [-0.05, 0) is 48.8 Å². The molecule has 3 nitrogen and oxygen atoms in total. The number of carbonyl (C=O) groups is 1. The third kappa shape index (κ3) is 3.07.